The summed E-state index contributed by atoms with van der Waals surface area (Å²) in [6, 6.07) is 1.94. The quantitative estimate of drug-likeness (QED) is 0.720. The zero-order valence-corrected chi connectivity index (χ0v) is 16.1. The highest BCUT2D eigenvalue weighted by atomic mass is 35.5. The summed E-state index contributed by atoms with van der Waals surface area (Å²) >= 11 is 5.78. The highest BCUT2D eigenvalue weighted by Gasteiger charge is 2.28. The number of piperidine rings is 1. The molecule has 0 saturated carbocycles. The highest BCUT2D eigenvalue weighted by molar-refractivity contribution is 6.29. The molecule has 0 bridgehead atoms. The van der Waals surface area contributed by atoms with Crippen LogP contribution in [-0.4, -0.2) is 49.9 Å². The van der Waals surface area contributed by atoms with E-state index in [0.29, 0.717) is 41.2 Å². The summed E-state index contributed by atoms with van der Waals surface area (Å²) in [6.07, 6.45) is 9.62. The van der Waals surface area contributed by atoms with Crippen LogP contribution in [0.25, 0.3) is 11.5 Å². The van der Waals surface area contributed by atoms with Crippen LogP contribution in [0.15, 0.2) is 41.5 Å². The van der Waals surface area contributed by atoms with Crippen LogP contribution in [0.5, 0.6) is 0 Å². The van der Waals surface area contributed by atoms with E-state index >= 15 is 0 Å². The third-order valence-electron chi connectivity index (χ3n) is 4.57. The number of amides is 1. The predicted molar refractivity (Wildman–Crippen MR) is 104 cm³/mol. The van der Waals surface area contributed by atoms with Crippen molar-refractivity contribution in [1.82, 2.24) is 24.8 Å². The Morgan fingerprint density at radius 3 is 2.89 bits per heavy atom. The van der Waals surface area contributed by atoms with Crippen molar-refractivity contribution in [2.24, 2.45) is 0 Å². The van der Waals surface area contributed by atoms with Crippen LogP contribution >= 0.6 is 11.6 Å². The van der Waals surface area contributed by atoms with Crippen LogP contribution in [-0.2, 0) is 0 Å². The molecular formula is C19H19ClN6O2. The Bertz CT molecular complexity index is 961. The van der Waals surface area contributed by atoms with Crippen LogP contribution in [0.2, 0.25) is 5.15 Å². The number of nitrogens with zero attached hydrogens (tertiary/aromatic N) is 5. The molecule has 28 heavy (non-hydrogen) atoms. The maximum absolute atomic E-state index is 13.2. The second-order valence-corrected chi connectivity index (χ2v) is 7.09. The van der Waals surface area contributed by atoms with Crippen molar-refractivity contribution in [3.05, 3.63) is 53.5 Å². The Balaban J connectivity index is 1.53. The molecular weight excluding hydrogens is 380 g/mol. The average Bonchev–Trinajstić information content (AvgIpc) is 3.24. The first kappa shape index (κ1) is 18.4. The molecule has 0 spiro atoms. The molecule has 3 aromatic rings. The summed E-state index contributed by atoms with van der Waals surface area (Å²) < 4.78 is 5.40. The van der Waals surface area contributed by atoms with E-state index in [1.807, 2.05) is 13.0 Å². The number of anilines is 1. The van der Waals surface area contributed by atoms with Crippen molar-refractivity contribution >= 4 is 23.3 Å². The molecule has 1 unspecified atom stereocenters. The summed E-state index contributed by atoms with van der Waals surface area (Å²) in [6.45, 7) is 3.13. The number of hydrogen-bond donors (Lipinski definition) is 1. The van der Waals surface area contributed by atoms with Gasteiger partial charge in [0.25, 0.3) is 5.91 Å². The number of carbonyl (C=O) groups excluding carboxylic acids is 1. The van der Waals surface area contributed by atoms with Crippen molar-refractivity contribution in [3.8, 4) is 11.5 Å². The second-order valence-electron chi connectivity index (χ2n) is 6.71. The van der Waals surface area contributed by atoms with Gasteiger partial charge in [0.05, 0.1) is 24.2 Å². The second kappa shape index (κ2) is 7.93. The highest BCUT2D eigenvalue weighted by Crippen LogP contribution is 2.24. The summed E-state index contributed by atoms with van der Waals surface area (Å²) in [4.78, 5) is 31.8. The molecule has 1 aliphatic heterocycles. The first-order valence-corrected chi connectivity index (χ1v) is 9.38. The lowest BCUT2D eigenvalue weighted by Crippen LogP contribution is -2.45. The van der Waals surface area contributed by atoms with Crippen molar-refractivity contribution in [2.75, 3.05) is 18.4 Å². The normalized spacial score (nSPS) is 16.8. The summed E-state index contributed by atoms with van der Waals surface area (Å²) in [5.74, 6) is 0.891. The van der Waals surface area contributed by atoms with E-state index in [1.54, 1.807) is 23.5 Å². The van der Waals surface area contributed by atoms with E-state index in [4.69, 9.17) is 16.0 Å². The van der Waals surface area contributed by atoms with Gasteiger partial charge < -0.3 is 14.6 Å². The van der Waals surface area contributed by atoms with E-state index in [9.17, 15) is 4.79 Å². The van der Waals surface area contributed by atoms with Gasteiger partial charge in [-0.1, -0.05) is 11.6 Å². The molecule has 0 aromatic carbocycles. The zero-order valence-electron chi connectivity index (χ0n) is 15.3. The fourth-order valence-electron chi connectivity index (χ4n) is 3.28. The van der Waals surface area contributed by atoms with Gasteiger partial charge in [0.1, 0.15) is 22.9 Å². The van der Waals surface area contributed by atoms with Crippen LogP contribution in [0.1, 0.15) is 28.9 Å². The van der Waals surface area contributed by atoms with Crippen molar-refractivity contribution < 1.29 is 9.21 Å². The van der Waals surface area contributed by atoms with Gasteiger partial charge in [0.15, 0.2) is 0 Å². The first-order chi connectivity index (χ1) is 13.6. The molecule has 0 radical (unpaired) electrons. The standard InChI is InChI=1S/C19H19ClN6O2/c1-12-7-14(18-21-4-6-28-18)17(24-8-12)19(27)26-5-2-3-13(11-26)25-16-10-22-15(20)9-23-16/h4,6-10,13H,2-3,5,11H2,1H3,(H,23,25). The molecule has 1 atom stereocenters. The van der Waals surface area contributed by atoms with Crippen molar-refractivity contribution in [3.63, 3.8) is 0 Å². The lowest BCUT2D eigenvalue weighted by Gasteiger charge is -2.33. The first-order valence-electron chi connectivity index (χ1n) is 9.00. The monoisotopic (exact) mass is 398 g/mol. The Labute approximate surface area is 167 Å². The molecule has 4 heterocycles. The van der Waals surface area contributed by atoms with Gasteiger partial charge in [-0.05, 0) is 31.4 Å². The molecule has 1 aliphatic rings. The molecule has 8 nitrogen and oxygen atoms in total. The number of aromatic nitrogens is 4. The fourth-order valence-corrected chi connectivity index (χ4v) is 3.38. The number of carbonyl (C=O) groups is 1. The minimum atomic E-state index is -0.137. The van der Waals surface area contributed by atoms with Crippen molar-refractivity contribution in [1.29, 1.82) is 0 Å². The van der Waals surface area contributed by atoms with Gasteiger partial charge >= 0.3 is 0 Å². The van der Waals surface area contributed by atoms with Gasteiger partial charge in [-0.15, -0.1) is 0 Å². The minimum absolute atomic E-state index is 0.0730. The third-order valence-corrected chi connectivity index (χ3v) is 4.77. The number of rotatable bonds is 4. The number of hydrogen-bond acceptors (Lipinski definition) is 7. The molecule has 1 amide bonds. The molecule has 1 N–H and O–H groups in total. The van der Waals surface area contributed by atoms with E-state index in [-0.39, 0.29) is 11.9 Å². The van der Waals surface area contributed by atoms with E-state index in [1.165, 1.54) is 12.5 Å². The number of oxazole rings is 1. The number of pyridine rings is 1. The minimum Gasteiger partial charge on any atom is -0.444 e. The molecule has 144 valence electrons. The van der Waals surface area contributed by atoms with E-state index in [0.717, 1.165) is 18.4 Å². The van der Waals surface area contributed by atoms with E-state index < -0.39 is 0 Å². The maximum Gasteiger partial charge on any atom is 0.273 e. The average molecular weight is 399 g/mol. The van der Waals surface area contributed by atoms with Crippen molar-refractivity contribution in [2.45, 2.75) is 25.8 Å². The Morgan fingerprint density at radius 1 is 1.25 bits per heavy atom. The molecule has 0 aliphatic carbocycles. The number of likely N-dealkylation sites (tertiary alicyclic amines) is 1. The number of nitrogens with one attached hydrogen (secondary N) is 1. The molecule has 1 fully saturated rings. The molecule has 9 heteroatoms. The van der Waals surface area contributed by atoms with Gasteiger partial charge in [-0.2, -0.15) is 0 Å². The van der Waals surface area contributed by atoms with Gasteiger partial charge in [-0.25, -0.2) is 19.9 Å². The van der Waals surface area contributed by atoms with Crippen LogP contribution in [0, 0.1) is 6.92 Å². The Morgan fingerprint density at radius 2 is 2.14 bits per heavy atom. The van der Waals surface area contributed by atoms with Gasteiger partial charge in [-0.3, -0.25) is 4.79 Å². The summed E-state index contributed by atoms with van der Waals surface area (Å²) in [5.41, 5.74) is 1.89. The molecule has 1 saturated heterocycles. The Kier molecular flexibility index (Phi) is 5.21. The van der Waals surface area contributed by atoms with Gasteiger partial charge in [0.2, 0.25) is 5.89 Å². The molecule has 3 aromatic heterocycles. The fraction of sp³-hybridized carbons (Fsp3) is 0.316. The van der Waals surface area contributed by atoms with Crippen LogP contribution in [0.3, 0.4) is 0 Å². The molecule has 4 rings (SSSR count). The summed E-state index contributed by atoms with van der Waals surface area (Å²) in [7, 11) is 0. The summed E-state index contributed by atoms with van der Waals surface area (Å²) in [5, 5.41) is 3.66. The number of halogens is 1. The van der Waals surface area contributed by atoms with E-state index in [2.05, 4.69) is 25.3 Å². The lowest BCUT2D eigenvalue weighted by atomic mass is 10.0. The Hall–Kier alpha value is -3.00. The zero-order chi connectivity index (χ0) is 19.5. The van der Waals surface area contributed by atoms with Crippen LogP contribution in [0.4, 0.5) is 5.82 Å². The maximum atomic E-state index is 13.2. The smallest absolute Gasteiger partial charge is 0.273 e. The predicted octanol–water partition coefficient (Wildman–Crippen LogP) is 3.21. The number of aryl methyl sites for hydroxylation is 1. The SMILES string of the molecule is Cc1cnc(C(=O)N2CCCC(Nc3cnc(Cl)cn3)C2)c(-c2ncco2)c1. The van der Waals surface area contributed by atoms with Gasteiger partial charge in [0, 0.05) is 25.3 Å². The third kappa shape index (κ3) is 3.96. The lowest BCUT2D eigenvalue weighted by molar-refractivity contribution is 0.0709. The largest absolute Gasteiger partial charge is 0.444 e. The van der Waals surface area contributed by atoms with Crippen LogP contribution < -0.4 is 5.32 Å². The topological polar surface area (TPSA) is 97.0 Å².